The van der Waals surface area contributed by atoms with Gasteiger partial charge in [-0.2, -0.15) is 13.2 Å². The third kappa shape index (κ3) is 6.21. The highest BCUT2D eigenvalue weighted by atomic mass is 19.4. The molecule has 1 aromatic carbocycles. The zero-order valence-electron chi connectivity index (χ0n) is 10.1. The number of benzene rings is 1. The van der Waals surface area contributed by atoms with Crippen LogP contribution < -0.4 is 11.1 Å². The van der Waals surface area contributed by atoms with E-state index in [9.17, 15) is 18.0 Å². The van der Waals surface area contributed by atoms with Gasteiger partial charge in [-0.15, -0.1) is 0 Å². The topological polar surface area (TPSA) is 64.4 Å². The third-order valence-corrected chi connectivity index (χ3v) is 2.25. The fourth-order valence-corrected chi connectivity index (χ4v) is 1.36. The third-order valence-electron chi connectivity index (χ3n) is 2.25. The number of carbonyl (C=O) groups is 1. The molecule has 4 nitrogen and oxygen atoms in total. The van der Waals surface area contributed by atoms with E-state index in [1.165, 1.54) is 0 Å². The van der Waals surface area contributed by atoms with Gasteiger partial charge in [0.15, 0.2) is 0 Å². The summed E-state index contributed by atoms with van der Waals surface area (Å²) < 4.78 is 39.6. The minimum Gasteiger partial charge on any atom is -0.370 e. The van der Waals surface area contributed by atoms with Crippen molar-refractivity contribution in [3.63, 3.8) is 0 Å². The van der Waals surface area contributed by atoms with Crippen molar-refractivity contribution < 1.29 is 22.7 Å². The first-order valence-electron chi connectivity index (χ1n) is 5.63. The molecule has 1 aromatic rings. The summed E-state index contributed by atoms with van der Waals surface area (Å²) in [5.74, 6) is -0.457. The molecule has 1 amide bonds. The summed E-state index contributed by atoms with van der Waals surface area (Å²) in [4.78, 5) is 11.6. The summed E-state index contributed by atoms with van der Waals surface area (Å²) in [7, 11) is 0. The Kier molecular flexibility index (Phi) is 5.78. The highest BCUT2D eigenvalue weighted by molar-refractivity contribution is 5.82. The summed E-state index contributed by atoms with van der Waals surface area (Å²) in [5.41, 5.74) is 6.33. The molecule has 7 heteroatoms. The van der Waals surface area contributed by atoms with Crippen LogP contribution in [0.2, 0.25) is 0 Å². The maximum absolute atomic E-state index is 11.8. The van der Waals surface area contributed by atoms with Crippen LogP contribution in [-0.2, 0) is 9.53 Å². The average molecular weight is 276 g/mol. The van der Waals surface area contributed by atoms with E-state index in [1.807, 2.05) is 0 Å². The van der Waals surface area contributed by atoms with Gasteiger partial charge in [0.05, 0.1) is 6.61 Å². The van der Waals surface area contributed by atoms with Crippen LogP contribution in [0.15, 0.2) is 30.3 Å². The molecule has 19 heavy (non-hydrogen) atoms. The van der Waals surface area contributed by atoms with Crippen LogP contribution in [-0.4, -0.2) is 31.8 Å². The van der Waals surface area contributed by atoms with E-state index in [0.717, 1.165) is 0 Å². The number of carbonyl (C=O) groups excluding carboxylic acids is 1. The number of hydrogen-bond acceptors (Lipinski definition) is 3. The molecule has 1 atom stereocenters. The van der Waals surface area contributed by atoms with Gasteiger partial charge in [-0.3, -0.25) is 4.79 Å². The number of rotatable bonds is 6. The monoisotopic (exact) mass is 276 g/mol. The normalized spacial score (nSPS) is 13.1. The van der Waals surface area contributed by atoms with Crippen molar-refractivity contribution in [1.29, 1.82) is 0 Å². The molecule has 0 aliphatic heterocycles. The average Bonchev–Trinajstić information content (AvgIpc) is 2.37. The van der Waals surface area contributed by atoms with Crippen molar-refractivity contribution in [3.05, 3.63) is 35.9 Å². The molecule has 0 unspecified atom stereocenters. The minimum atomic E-state index is -4.36. The quantitative estimate of drug-likeness (QED) is 0.772. The van der Waals surface area contributed by atoms with Gasteiger partial charge < -0.3 is 15.8 Å². The number of halogens is 3. The molecule has 0 aromatic heterocycles. The first-order valence-corrected chi connectivity index (χ1v) is 5.63. The Morgan fingerprint density at radius 1 is 1.32 bits per heavy atom. The summed E-state index contributed by atoms with van der Waals surface area (Å²) in [6.07, 6.45) is -4.36. The summed E-state index contributed by atoms with van der Waals surface area (Å²) >= 11 is 0. The molecule has 0 aliphatic carbocycles. The summed E-state index contributed by atoms with van der Waals surface area (Å²) in [6, 6.07) is 7.83. The highest BCUT2D eigenvalue weighted by Crippen LogP contribution is 2.14. The maximum atomic E-state index is 11.8. The first-order chi connectivity index (χ1) is 8.90. The van der Waals surface area contributed by atoms with Crippen molar-refractivity contribution in [2.24, 2.45) is 5.73 Å². The van der Waals surface area contributed by atoms with Gasteiger partial charge in [-0.25, -0.2) is 0 Å². The fourth-order valence-electron chi connectivity index (χ4n) is 1.36. The molecule has 0 saturated heterocycles. The predicted molar refractivity (Wildman–Crippen MR) is 63.3 cm³/mol. The number of hydrogen-bond donors (Lipinski definition) is 2. The highest BCUT2D eigenvalue weighted by Gasteiger charge is 2.27. The molecule has 1 rings (SSSR count). The largest absolute Gasteiger partial charge is 0.411 e. The van der Waals surface area contributed by atoms with Crippen LogP contribution in [0.3, 0.4) is 0 Å². The van der Waals surface area contributed by atoms with E-state index in [1.54, 1.807) is 30.3 Å². The van der Waals surface area contributed by atoms with Crippen LogP contribution in [0.4, 0.5) is 13.2 Å². The molecular formula is C12H15F3N2O2. The molecule has 0 heterocycles. The molecule has 0 bridgehead atoms. The van der Waals surface area contributed by atoms with E-state index in [0.29, 0.717) is 5.56 Å². The number of nitrogens with two attached hydrogens (primary N) is 1. The lowest BCUT2D eigenvalue weighted by molar-refractivity contribution is -0.173. The van der Waals surface area contributed by atoms with Crippen molar-refractivity contribution in [3.8, 4) is 0 Å². The summed E-state index contributed by atoms with van der Waals surface area (Å²) in [5, 5.41) is 2.41. The Bertz CT molecular complexity index is 396. The van der Waals surface area contributed by atoms with Crippen LogP contribution in [0.25, 0.3) is 0 Å². The van der Waals surface area contributed by atoms with Crippen LogP contribution >= 0.6 is 0 Å². The van der Waals surface area contributed by atoms with Crippen LogP contribution in [0, 0.1) is 0 Å². The van der Waals surface area contributed by atoms with E-state index in [4.69, 9.17) is 5.73 Å². The minimum absolute atomic E-state index is 0.0184. The van der Waals surface area contributed by atoms with Crippen molar-refractivity contribution >= 4 is 5.91 Å². The van der Waals surface area contributed by atoms with Crippen molar-refractivity contribution in [2.75, 3.05) is 19.8 Å². The van der Waals surface area contributed by atoms with Gasteiger partial charge in [-0.05, 0) is 5.56 Å². The zero-order valence-corrected chi connectivity index (χ0v) is 10.1. The number of alkyl halides is 3. The number of ether oxygens (including phenoxy) is 1. The number of amides is 1. The Morgan fingerprint density at radius 3 is 2.53 bits per heavy atom. The van der Waals surface area contributed by atoms with E-state index in [2.05, 4.69) is 10.1 Å². The molecule has 3 N–H and O–H groups in total. The lowest BCUT2D eigenvalue weighted by atomic mass is 10.1. The molecule has 0 radical (unpaired) electrons. The van der Waals surface area contributed by atoms with E-state index < -0.39 is 24.7 Å². The second-order valence-electron chi connectivity index (χ2n) is 3.85. The SMILES string of the molecule is N[C@H](C(=O)NCCOCC(F)(F)F)c1ccccc1. The van der Waals surface area contributed by atoms with Gasteiger partial charge in [0, 0.05) is 6.54 Å². The molecule has 0 spiro atoms. The molecule has 0 fully saturated rings. The van der Waals surface area contributed by atoms with E-state index in [-0.39, 0.29) is 13.2 Å². The maximum Gasteiger partial charge on any atom is 0.411 e. The Hall–Kier alpha value is -1.60. The predicted octanol–water partition coefficient (Wildman–Crippen LogP) is 1.38. The first kappa shape index (κ1) is 15.5. The zero-order chi connectivity index (χ0) is 14.3. The summed E-state index contributed by atoms with van der Waals surface area (Å²) in [6.45, 7) is -1.56. The Morgan fingerprint density at radius 2 is 1.95 bits per heavy atom. The standard InChI is InChI=1S/C12H15F3N2O2/c13-12(14,15)8-19-7-6-17-11(18)10(16)9-4-2-1-3-5-9/h1-5,10H,6-8,16H2,(H,17,18)/t10-/m0/s1. The Balaban J connectivity index is 2.25. The van der Waals surface area contributed by atoms with Crippen LogP contribution in [0.1, 0.15) is 11.6 Å². The fraction of sp³-hybridized carbons (Fsp3) is 0.417. The van der Waals surface area contributed by atoms with Gasteiger partial charge in [0.1, 0.15) is 12.6 Å². The van der Waals surface area contributed by atoms with Crippen LogP contribution in [0.5, 0.6) is 0 Å². The van der Waals surface area contributed by atoms with Gasteiger partial charge in [0.2, 0.25) is 5.91 Å². The van der Waals surface area contributed by atoms with Crippen molar-refractivity contribution in [1.82, 2.24) is 5.32 Å². The van der Waals surface area contributed by atoms with Gasteiger partial charge >= 0.3 is 6.18 Å². The Labute approximate surface area is 108 Å². The van der Waals surface area contributed by atoms with Gasteiger partial charge in [0.25, 0.3) is 0 Å². The molecule has 0 saturated carbocycles. The number of nitrogens with one attached hydrogen (secondary N) is 1. The molecule has 0 aliphatic rings. The lowest BCUT2D eigenvalue weighted by Crippen LogP contribution is -2.36. The second kappa shape index (κ2) is 7.10. The second-order valence-corrected chi connectivity index (χ2v) is 3.85. The smallest absolute Gasteiger partial charge is 0.370 e. The lowest BCUT2D eigenvalue weighted by Gasteiger charge is -2.13. The molecule has 106 valence electrons. The van der Waals surface area contributed by atoms with Crippen molar-refractivity contribution in [2.45, 2.75) is 12.2 Å². The van der Waals surface area contributed by atoms with Gasteiger partial charge in [-0.1, -0.05) is 30.3 Å². The van der Waals surface area contributed by atoms with E-state index >= 15 is 0 Å². The molecular weight excluding hydrogens is 261 g/mol.